The molecule has 5 atom stereocenters. The Morgan fingerprint density at radius 2 is 1.71 bits per heavy atom. The number of rotatable bonds is 3. The van der Waals surface area contributed by atoms with Gasteiger partial charge in [-0.3, -0.25) is 0 Å². The third-order valence-electron chi connectivity index (χ3n) is 4.84. The van der Waals surface area contributed by atoms with Gasteiger partial charge in [0.05, 0.1) is 12.2 Å². The first-order valence-electron chi connectivity index (χ1n) is 7.05. The molecule has 5 unspecified atom stereocenters. The normalized spacial score (nSPS) is 41.6. The fourth-order valence-corrected chi connectivity index (χ4v) is 3.73. The zero-order chi connectivity index (χ0) is 12.4. The van der Waals surface area contributed by atoms with Gasteiger partial charge >= 0.3 is 0 Å². The van der Waals surface area contributed by atoms with E-state index in [2.05, 4.69) is 33.1 Å². The van der Waals surface area contributed by atoms with Crippen LogP contribution in [0.25, 0.3) is 0 Å². The largest absolute Gasteiger partial charge is 0.381 e. The molecule has 2 heterocycles. The van der Waals surface area contributed by atoms with Crippen LogP contribution in [-0.4, -0.2) is 38.5 Å². The first-order chi connectivity index (χ1) is 8.15. The number of ether oxygens (including phenoxy) is 2. The van der Waals surface area contributed by atoms with Crippen molar-refractivity contribution >= 4 is 0 Å². The van der Waals surface area contributed by atoms with Crippen LogP contribution in [0.15, 0.2) is 0 Å². The Balaban J connectivity index is 2.06. The molecule has 2 fully saturated rings. The molecular weight excluding hydrogens is 214 g/mol. The minimum absolute atomic E-state index is 0.375. The van der Waals surface area contributed by atoms with E-state index in [0.717, 1.165) is 19.1 Å². The summed E-state index contributed by atoms with van der Waals surface area (Å²) < 4.78 is 11.5. The van der Waals surface area contributed by atoms with E-state index in [1.807, 2.05) is 0 Å². The summed E-state index contributed by atoms with van der Waals surface area (Å²) in [6.07, 6.45) is 3.15. The third kappa shape index (κ3) is 2.67. The van der Waals surface area contributed by atoms with Gasteiger partial charge in [-0.2, -0.15) is 0 Å². The quantitative estimate of drug-likeness (QED) is 0.820. The maximum absolute atomic E-state index is 5.99. The Hall–Kier alpha value is -0.120. The third-order valence-corrected chi connectivity index (χ3v) is 4.84. The molecule has 0 saturated carbocycles. The van der Waals surface area contributed by atoms with Crippen LogP contribution in [0.2, 0.25) is 0 Å². The molecule has 3 nitrogen and oxygen atoms in total. The standard InChI is InChI=1S/C14H27NO2/c1-9-10(2)17-11(3)13(9)14(15-4)12-5-7-16-8-6-12/h9-15H,5-8H2,1-4H3. The molecule has 2 aliphatic heterocycles. The van der Waals surface area contributed by atoms with E-state index in [9.17, 15) is 0 Å². The van der Waals surface area contributed by atoms with Gasteiger partial charge in [0.25, 0.3) is 0 Å². The van der Waals surface area contributed by atoms with Gasteiger partial charge in [0.15, 0.2) is 0 Å². The Morgan fingerprint density at radius 1 is 1.06 bits per heavy atom. The number of hydrogen-bond donors (Lipinski definition) is 1. The van der Waals surface area contributed by atoms with Crippen LogP contribution in [0, 0.1) is 17.8 Å². The van der Waals surface area contributed by atoms with Crippen LogP contribution in [-0.2, 0) is 9.47 Å². The summed E-state index contributed by atoms with van der Waals surface area (Å²) in [6, 6.07) is 0.578. The molecule has 0 aromatic carbocycles. The van der Waals surface area contributed by atoms with Crippen LogP contribution in [0.5, 0.6) is 0 Å². The van der Waals surface area contributed by atoms with E-state index < -0.39 is 0 Å². The highest BCUT2D eigenvalue weighted by Gasteiger charge is 2.43. The Bertz CT molecular complexity index is 240. The highest BCUT2D eigenvalue weighted by atomic mass is 16.5. The van der Waals surface area contributed by atoms with Crippen molar-refractivity contribution in [2.45, 2.75) is 51.9 Å². The van der Waals surface area contributed by atoms with E-state index in [4.69, 9.17) is 9.47 Å². The molecule has 2 rings (SSSR count). The van der Waals surface area contributed by atoms with Crippen LogP contribution in [0.1, 0.15) is 33.6 Å². The van der Waals surface area contributed by atoms with Gasteiger partial charge in [-0.05, 0) is 45.6 Å². The molecule has 0 aromatic rings. The molecule has 2 aliphatic rings. The highest BCUT2D eigenvalue weighted by Crippen LogP contribution is 2.38. The second-order valence-corrected chi connectivity index (χ2v) is 5.75. The van der Waals surface area contributed by atoms with Gasteiger partial charge < -0.3 is 14.8 Å². The lowest BCUT2D eigenvalue weighted by molar-refractivity contribution is 0.0241. The van der Waals surface area contributed by atoms with Crippen LogP contribution in [0.3, 0.4) is 0 Å². The maximum atomic E-state index is 5.99. The van der Waals surface area contributed by atoms with Crippen molar-refractivity contribution in [3.63, 3.8) is 0 Å². The maximum Gasteiger partial charge on any atom is 0.0597 e. The van der Waals surface area contributed by atoms with E-state index in [1.165, 1.54) is 12.8 Å². The average molecular weight is 241 g/mol. The van der Waals surface area contributed by atoms with E-state index in [0.29, 0.717) is 30.1 Å². The molecular formula is C14H27NO2. The molecule has 100 valence electrons. The van der Waals surface area contributed by atoms with Crippen LogP contribution >= 0.6 is 0 Å². The molecule has 3 heteroatoms. The van der Waals surface area contributed by atoms with Gasteiger partial charge in [-0.15, -0.1) is 0 Å². The van der Waals surface area contributed by atoms with Gasteiger partial charge in [0.2, 0.25) is 0 Å². The molecule has 0 bridgehead atoms. The van der Waals surface area contributed by atoms with Gasteiger partial charge in [-0.1, -0.05) is 6.92 Å². The predicted molar refractivity (Wildman–Crippen MR) is 69.1 cm³/mol. The molecule has 1 N–H and O–H groups in total. The minimum Gasteiger partial charge on any atom is -0.381 e. The average Bonchev–Trinajstić information content (AvgIpc) is 2.58. The fourth-order valence-electron chi connectivity index (χ4n) is 3.73. The zero-order valence-corrected chi connectivity index (χ0v) is 11.6. The number of hydrogen-bond acceptors (Lipinski definition) is 3. The summed E-state index contributed by atoms with van der Waals surface area (Å²) in [5.41, 5.74) is 0. The topological polar surface area (TPSA) is 30.5 Å². The van der Waals surface area contributed by atoms with Gasteiger partial charge in [0.1, 0.15) is 0 Å². The summed E-state index contributed by atoms with van der Waals surface area (Å²) in [6.45, 7) is 8.62. The van der Waals surface area contributed by atoms with Crippen molar-refractivity contribution in [1.82, 2.24) is 5.32 Å². The summed E-state index contributed by atoms with van der Waals surface area (Å²) in [7, 11) is 2.10. The smallest absolute Gasteiger partial charge is 0.0597 e. The van der Waals surface area contributed by atoms with Crippen molar-refractivity contribution in [3.8, 4) is 0 Å². The molecule has 0 aromatic heterocycles. The molecule has 17 heavy (non-hydrogen) atoms. The Labute approximate surface area is 105 Å². The van der Waals surface area contributed by atoms with E-state index in [1.54, 1.807) is 0 Å². The SMILES string of the molecule is CNC(C1CCOCC1)C1C(C)OC(C)C1C. The molecule has 0 amide bonds. The van der Waals surface area contributed by atoms with Crippen LogP contribution < -0.4 is 5.32 Å². The zero-order valence-electron chi connectivity index (χ0n) is 11.6. The lowest BCUT2D eigenvalue weighted by Crippen LogP contribution is -2.46. The lowest BCUT2D eigenvalue weighted by atomic mass is 9.75. The van der Waals surface area contributed by atoms with Crippen molar-refractivity contribution in [2.75, 3.05) is 20.3 Å². The van der Waals surface area contributed by atoms with Crippen molar-refractivity contribution < 1.29 is 9.47 Å². The molecule has 0 radical (unpaired) electrons. The highest BCUT2D eigenvalue weighted by molar-refractivity contribution is 4.94. The fraction of sp³-hybridized carbons (Fsp3) is 1.00. The lowest BCUT2D eigenvalue weighted by Gasteiger charge is -2.37. The Morgan fingerprint density at radius 3 is 2.18 bits per heavy atom. The molecule has 0 aliphatic carbocycles. The first kappa shape index (κ1) is 13.3. The van der Waals surface area contributed by atoms with Gasteiger partial charge in [-0.25, -0.2) is 0 Å². The van der Waals surface area contributed by atoms with E-state index in [-0.39, 0.29) is 0 Å². The molecule has 2 saturated heterocycles. The van der Waals surface area contributed by atoms with Crippen LogP contribution in [0.4, 0.5) is 0 Å². The van der Waals surface area contributed by atoms with Gasteiger partial charge in [0, 0.05) is 25.2 Å². The summed E-state index contributed by atoms with van der Waals surface area (Å²) in [4.78, 5) is 0. The molecule has 0 spiro atoms. The van der Waals surface area contributed by atoms with Crippen molar-refractivity contribution in [3.05, 3.63) is 0 Å². The second-order valence-electron chi connectivity index (χ2n) is 5.75. The Kier molecular flexibility index (Phi) is 4.45. The first-order valence-corrected chi connectivity index (χ1v) is 7.05. The summed E-state index contributed by atoms with van der Waals surface area (Å²) in [5, 5.41) is 3.56. The van der Waals surface area contributed by atoms with Crippen molar-refractivity contribution in [1.29, 1.82) is 0 Å². The summed E-state index contributed by atoms with van der Waals surface area (Å²) >= 11 is 0. The predicted octanol–water partition coefficient (Wildman–Crippen LogP) is 2.06. The van der Waals surface area contributed by atoms with Crippen molar-refractivity contribution in [2.24, 2.45) is 17.8 Å². The monoisotopic (exact) mass is 241 g/mol. The number of nitrogens with one attached hydrogen (secondary N) is 1. The summed E-state index contributed by atoms with van der Waals surface area (Å²) in [5.74, 6) is 2.03. The second kappa shape index (κ2) is 5.68. The minimum atomic E-state index is 0.375. The van der Waals surface area contributed by atoms with E-state index >= 15 is 0 Å².